The minimum Gasteiger partial charge on any atom is -0.451 e. The predicted octanol–water partition coefficient (Wildman–Crippen LogP) is 2.44. The van der Waals surface area contributed by atoms with Gasteiger partial charge in [0, 0.05) is 31.1 Å². The zero-order valence-electron chi connectivity index (χ0n) is 15.4. The van der Waals surface area contributed by atoms with E-state index in [9.17, 15) is 14.4 Å². The van der Waals surface area contributed by atoms with Crippen LogP contribution < -0.4 is 16.3 Å². The number of rotatable bonds is 5. The van der Waals surface area contributed by atoms with Crippen LogP contribution in [0.3, 0.4) is 0 Å². The predicted molar refractivity (Wildman–Crippen MR) is 105 cm³/mol. The Morgan fingerprint density at radius 2 is 1.96 bits per heavy atom. The lowest BCUT2D eigenvalue weighted by Gasteiger charge is -2.11. The smallest absolute Gasteiger partial charge is 0.287 e. The van der Waals surface area contributed by atoms with Crippen molar-refractivity contribution in [2.45, 2.75) is 38.1 Å². The summed E-state index contributed by atoms with van der Waals surface area (Å²) in [5.41, 5.74) is 0.835. The second kappa shape index (κ2) is 7.80. The Balaban J connectivity index is 1.40. The molecule has 1 saturated carbocycles. The molecule has 7 nitrogen and oxygen atoms in total. The number of nitrogens with zero attached hydrogens (tertiary/aromatic N) is 2. The van der Waals surface area contributed by atoms with Crippen molar-refractivity contribution in [1.29, 1.82) is 0 Å². The zero-order chi connectivity index (χ0) is 19.5. The first-order valence-corrected chi connectivity index (χ1v) is 9.49. The molecule has 0 bridgehead atoms. The molecule has 0 unspecified atom stereocenters. The zero-order valence-corrected chi connectivity index (χ0v) is 15.4. The number of fused-ring (bicyclic) bond motifs is 1. The molecule has 2 aromatic heterocycles. The van der Waals surface area contributed by atoms with Crippen LogP contribution in [-0.2, 0) is 6.54 Å². The standard InChI is InChI=1S/C21H21N3O4/c25-17-12-19(28-18-8-4-3-7-15(17)18)21(27)22-9-10-24-13-23-16(11-20(24)26)14-5-1-2-6-14/h3-4,7-8,11-14H,1-2,5-6,9-10H2,(H,22,27). The third-order valence-corrected chi connectivity index (χ3v) is 5.17. The van der Waals surface area contributed by atoms with Gasteiger partial charge >= 0.3 is 0 Å². The summed E-state index contributed by atoms with van der Waals surface area (Å²) in [6.07, 6.45) is 6.09. The highest BCUT2D eigenvalue weighted by Crippen LogP contribution is 2.32. The van der Waals surface area contributed by atoms with Gasteiger partial charge in [-0.3, -0.25) is 19.0 Å². The van der Waals surface area contributed by atoms with Gasteiger partial charge in [-0.15, -0.1) is 0 Å². The molecule has 0 saturated heterocycles. The summed E-state index contributed by atoms with van der Waals surface area (Å²) in [5.74, 6) is -0.157. The van der Waals surface area contributed by atoms with E-state index in [0.29, 0.717) is 23.4 Å². The largest absolute Gasteiger partial charge is 0.451 e. The second-order valence-corrected chi connectivity index (χ2v) is 7.05. The number of benzene rings is 1. The first kappa shape index (κ1) is 18.2. The molecule has 1 fully saturated rings. The molecule has 1 amide bonds. The van der Waals surface area contributed by atoms with Crippen LogP contribution in [0.5, 0.6) is 0 Å². The molecule has 4 rings (SSSR count). The highest BCUT2D eigenvalue weighted by Gasteiger charge is 2.19. The monoisotopic (exact) mass is 379 g/mol. The number of hydrogen-bond acceptors (Lipinski definition) is 5. The van der Waals surface area contributed by atoms with Crippen molar-refractivity contribution >= 4 is 16.9 Å². The van der Waals surface area contributed by atoms with Crippen LogP contribution in [0.25, 0.3) is 11.0 Å². The fourth-order valence-corrected chi connectivity index (χ4v) is 3.65. The van der Waals surface area contributed by atoms with Gasteiger partial charge in [0.2, 0.25) is 0 Å². The molecule has 28 heavy (non-hydrogen) atoms. The molecular formula is C21H21N3O4. The van der Waals surface area contributed by atoms with E-state index in [1.54, 1.807) is 30.3 Å². The molecule has 144 valence electrons. The molecule has 1 aliphatic carbocycles. The highest BCUT2D eigenvalue weighted by molar-refractivity contribution is 5.93. The van der Waals surface area contributed by atoms with Gasteiger partial charge in [-0.25, -0.2) is 4.98 Å². The van der Waals surface area contributed by atoms with Crippen LogP contribution in [0.1, 0.15) is 47.8 Å². The number of hydrogen-bond donors (Lipinski definition) is 1. The van der Waals surface area contributed by atoms with Gasteiger partial charge in [-0.1, -0.05) is 25.0 Å². The average Bonchev–Trinajstić information content (AvgIpc) is 3.24. The molecule has 0 atom stereocenters. The summed E-state index contributed by atoms with van der Waals surface area (Å²) in [7, 11) is 0. The minimum atomic E-state index is -0.494. The lowest BCUT2D eigenvalue weighted by Crippen LogP contribution is -2.31. The Morgan fingerprint density at radius 1 is 1.18 bits per heavy atom. The van der Waals surface area contributed by atoms with Crippen molar-refractivity contribution in [2.75, 3.05) is 6.54 Å². The SMILES string of the molecule is O=C(NCCn1cnc(C2CCCC2)cc1=O)c1cc(=O)c2ccccc2o1. The van der Waals surface area contributed by atoms with Gasteiger partial charge in [0.05, 0.1) is 17.4 Å². The van der Waals surface area contributed by atoms with Crippen LogP contribution in [0.2, 0.25) is 0 Å². The Bertz CT molecular complexity index is 1130. The van der Waals surface area contributed by atoms with Gasteiger partial charge in [0.15, 0.2) is 11.2 Å². The highest BCUT2D eigenvalue weighted by atomic mass is 16.3. The van der Waals surface area contributed by atoms with Crippen molar-refractivity contribution in [2.24, 2.45) is 0 Å². The summed E-state index contributed by atoms with van der Waals surface area (Å²) in [5, 5.41) is 3.11. The summed E-state index contributed by atoms with van der Waals surface area (Å²) in [6.45, 7) is 0.514. The van der Waals surface area contributed by atoms with E-state index in [4.69, 9.17) is 4.42 Å². The molecule has 1 aromatic carbocycles. The van der Waals surface area contributed by atoms with Crippen LogP contribution >= 0.6 is 0 Å². The van der Waals surface area contributed by atoms with E-state index in [-0.39, 0.29) is 23.3 Å². The first-order chi connectivity index (χ1) is 13.6. The maximum absolute atomic E-state index is 12.3. The molecule has 1 N–H and O–H groups in total. The third-order valence-electron chi connectivity index (χ3n) is 5.17. The van der Waals surface area contributed by atoms with Crippen LogP contribution in [0.4, 0.5) is 0 Å². The van der Waals surface area contributed by atoms with Crippen molar-refractivity contribution in [3.63, 3.8) is 0 Å². The van der Waals surface area contributed by atoms with Gasteiger partial charge in [0.25, 0.3) is 11.5 Å². The van der Waals surface area contributed by atoms with E-state index in [0.717, 1.165) is 18.5 Å². The molecular weight excluding hydrogens is 358 g/mol. The first-order valence-electron chi connectivity index (χ1n) is 9.49. The van der Waals surface area contributed by atoms with Gasteiger partial charge in [-0.2, -0.15) is 0 Å². The molecule has 0 radical (unpaired) electrons. The van der Waals surface area contributed by atoms with E-state index >= 15 is 0 Å². The number of amides is 1. The molecule has 7 heteroatoms. The Morgan fingerprint density at radius 3 is 2.75 bits per heavy atom. The number of para-hydroxylation sites is 1. The molecule has 0 spiro atoms. The fraction of sp³-hybridized carbons (Fsp3) is 0.333. The van der Waals surface area contributed by atoms with E-state index in [2.05, 4.69) is 10.3 Å². The summed E-state index contributed by atoms with van der Waals surface area (Å²) in [4.78, 5) is 41.1. The number of carbonyl (C=O) groups excluding carboxylic acids is 1. The van der Waals surface area contributed by atoms with E-state index < -0.39 is 5.91 Å². The van der Waals surface area contributed by atoms with Gasteiger partial charge < -0.3 is 9.73 Å². The topological polar surface area (TPSA) is 94.2 Å². The lowest BCUT2D eigenvalue weighted by molar-refractivity contribution is 0.0925. The van der Waals surface area contributed by atoms with Gasteiger partial charge in [0.1, 0.15) is 5.58 Å². The van der Waals surface area contributed by atoms with Crippen LogP contribution in [-0.4, -0.2) is 22.0 Å². The molecule has 2 heterocycles. The van der Waals surface area contributed by atoms with Crippen LogP contribution in [0.15, 0.2) is 56.7 Å². The number of aromatic nitrogens is 2. The lowest BCUT2D eigenvalue weighted by atomic mass is 10.0. The van der Waals surface area contributed by atoms with Crippen LogP contribution in [0, 0.1) is 0 Å². The maximum Gasteiger partial charge on any atom is 0.287 e. The summed E-state index contributed by atoms with van der Waals surface area (Å²) < 4.78 is 6.98. The van der Waals surface area contributed by atoms with E-state index in [1.807, 2.05) is 0 Å². The maximum atomic E-state index is 12.3. The quantitative estimate of drug-likeness (QED) is 0.735. The Hall–Kier alpha value is -3.22. The van der Waals surface area contributed by atoms with Crippen molar-refractivity contribution in [3.8, 4) is 0 Å². The third kappa shape index (κ3) is 3.74. The normalized spacial score (nSPS) is 14.4. The Kier molecular flexibility index (Phi) is 5.06. The van der Waals surface area contributed by atoms with Crippen molar-refractivity contribution < 1.29 is 9.21 Å². The van der Waals surface area contributed by atoms with E-state index in [1.165, 1.54) is 29.8 Å². The second-order valence-electron chi connectivity index (χ2n) is 7.05. The summed E-state index contributed by atoms with van der Waals surface area (Å²) in [6, 6.07) is 9.55. The Labute approximate surface area is 161 Å². The summed E-state index contributed by atoms with van der Waals surface area (Å²) >= 11 is 0. The van der Waals surface area contributed by atoms with Crippen molar-refractivity contribution in [3.05, 3.63) is 74.8 Å². The van der Waals surface area contributed by atoms with Crippen molar-refractivity contribution in [1.82, 2.24) is 14.9 Å². The molecule has 0 aliphatic heterocycles. The van der Waals surface area contributed by atoms with Gasteiger partial charge in [-0.05, 0) is 25.0 Å². The average molecular weight is 379 g/mol. The number of nitrogens with one attached hydrogen (secondary N) is 1. The molecule has 1 aliphatic rings. The fourth-order valence-electron chi connectivity index (χ4n) is 3.65. The number of carbonyl (C=O) groups is 1. The minimum absolute atomic E-state index is 0.0502. The molecule has 3 aromatic rings.